The van der Waals surface area contributed by atoms with E-state index in [4.69, 9.17) is 43.9 Å². The molecule has 3 aromatic carbocycles. The topological polar surface area (TPSA) is 115 Å². The number of para-hydroxylation sites is 2. The van der Waals surface area contributed by atoms with Crippen LogP contribution in [0.3, 0.4) is 0 Å². The largest absolute Gasteiger partial charge is 0.468 e. The van der Waals surface area contributed by atoms with Gasteiger partial charge in [0.25, 0.3) is 0 Å². The van der Waals surface area contributed by atoms with E-state index in [0.717, 1.165) is 5.56 Å². The minimum absolute atomic E-state index is 0.0326. The summed E-state index contributed by atoms with van der Waals surface area (Å²) in [6, 6.07) is 17.7. The van der Waals surface area contributed by atoms with Gasteiger partial charge in [-0.1, -0.05) is 59.1 Å². The predicted octanol–water partition coefficient (Wildman–Crippen LogP) is 6.79. The molecule has 3 rings (SSSR count). The average molecular weight is 629 g/mol. The second kappa shape index (κ2) is 15.3. The first-order valence-electron chi connectivity index (χ1n) is 12.2. The summed E-state index contributed by atoms with van der Waals surface area (Å²) in [5.74, 6) is -0.629. The van der Waals surface area contributed by atoms with Crippen LogP contribution in [0.5, 0.6) is 5.75 Å². The number of hydrogen-bond donors (Lipinski definition) is 3. The van der Waals surface area contributed by atoms with Gasteiger partial charge < -0.3 is 19.9 Å². The van der Waals surface area contributed by atoms with Crippen LogP contribution < -0.4 is 20.2 Å². The Morgan fingerprint density at radius 3 is 2.30 bits per heavy atom. The number of amides is 1. The third kappa shape index (κ3) is 9.70. The van der Waals surface area contributed by atoms with Crippen LogP contribution in [-0.4, -0.2) is 38.2 Å². The first-order valence-corrected chi connectivity index (χ1v) is 14.9. The number of carbonyl (C=O) groups is 2. The zero-order chi connectivity index (χ0) is 29.1. The molecule has 0 bridgehead atoms. The molecule has 0 saturated carbocycles. The van der Waals surface area contributed by atoms with Crippen LogP contribution in [0.25, 0.3) is 0 Å². The first kappa shape index (κ1) is 31.7. The second-order valence-electron chi connectivity index (χ2n) is 8.51. The molecule has 0 heterocycles. The van der Waals surface area contributed by atoms with Crippen molar-refractivity contribution >= 4 is 65.8 Å². The Hall–Kier alpha value is -2.78. The molecule has 0 aliphatic heterocycles. The van der Waals surface area contributed by atoms with Crippen LogP contribution in [-0.2, 0) is 29.8 Å². The molecule has 13 heteroatoms. The van der Waals surface area contributed by atoms with Gasteiger partial charge in [-0.25, -0.2) is 4.57 Å². The summed E-state index contributed by atoms with van der Waals surface area (Å²) in [6.07, 6.45) is 0.422. The van der Waals surface area contributed by atoms with E-state index in [-0.39, 0.29) is 31.2 Å². The molecule has 0 radical (unpaired) electrons. The fourth-order valence-corrected chi connectivity index (χ4v) is 5.61. The molecular formula is C27H29Cl3N3O6P. The molecule has 40 heavy (non-hydrogen) atoms. The molecular weight excluding hydrogens is 600 g/mol. The van der Waals surface area contributed by atoms with E-state index in [1.807, 2.05) is 24.3 Å². The summed E-state index contributed by atoms with van der Waals surface area (Å²) in [5.41, 5.74) is 1.99. The molecule has 214 valence electrons. The highest BCUT2D eigenvalue weighted by molar-refractivity contribution is 7.52. The van der Waals surface area contributed by atoms with E-state index < -0.39 is 19.8 Å². The highest BCUT2D eigenvalue weighted by atomic mass is 35.5. The van der Waals surface area contributed by atoms with Gasteiger partial charge in [-0.3, -0.25) is 14.1 Å². The van der Waals surface area contributed by atoms with Crippen LogP contribution in [0.1, 0.15) is 18.9 Å². The quantitative estimate of drug-likeness (QED) is 0.102. The van der Waals surface area contributed by atoms with Gasteiger partial charge in [0.2, 0.25) is 5.91 Å². The van der Waals surface area contributed by atoms with Crippen molar-refractivity contribution in [2.45, 2.75) is 25.8 Å². The monoisotopic (exact) mass is 627 g/mol. The van der Waals surface area contributed by atoms with E-state index in [2.05, 4.69) is 20.5 Å². The number of esters is 1. The van der Waals surface area contributed by atoms with Crippen LogP contribution >= 0.6 is 42.5 Å². The lowest BCUT2D eigenvalue weighted by Gasteiger charge is -2.22. The highest BCUT2D eigenvalue weighted by Gasteiger charge is 2.31. The van der Waals surface area contributed by atoms with Crippen molar-refractivity contribution in [3.8, 4) is 5.75 Å². The number of anilines is 2. The van der Waals surface area contributed by atoms with Crippen LogP contribution in [0.2, 0.25) is 15.1 Å². The van der Waals surface area contributed by atoms with Crippen molar-refractivity contribution < 1.29 is 27.9 Å². The van der Waals surface area contributed by atoms with E-state index in [0.29, 0.717) is 32.9 Å². The summed E-state index contributed by atoms with van der Waals surface area (Å²) in [7, 11) is -2.77. The fourth-order valence-electron chi connectivity index (χ4n) is 3.46. The summed E-state index contributed by atoms with van der Waals surface area (Å²) in [5, 5.41) is 9.97. The van der Waals surface area contributed by atoms with Gasteiger partial charge in [-0.05, 0) is 61.4 Å². The van der Waals surface area contributed by atoms with Gasteiger partial charge >= 0.3 is 13.7 Å². The summed E-state index contributed by atoms with van der Waals surface area (Å²) >= 11 is 18.4. The molecule has 0 spiro atoms. The van der Waals surface area contributed by atoms with E-state index >= 15 is 0 Å². The molecule has 0 aliphatic rings. The van der Waals surface area contributed by atoms with Crippen molar-refractivity contribution in [2.24, 2.45) is 0 Å². The van der Waals surface area contributed by atoms with Gasteiger partial charge in [0.1, 0.15) is 11.8 Å². The predicted molar refractivity (Wildman–Crippen MR) is 158 cm³/mol. The number of rotatable bonds is 14. The van der Waals surface area contributed by atoms with Gasteiger partial charge in [-0.2, -0.15) is 5.09 Å². The normalized spacial score (nSPS) is 13.1. The maximum Gasteiger partial charge on any atom is 0.459 e. The average Bonchev–Trinajstić information content (AvgIpc) is 2.92. The summed E-state index contributed by atoms with van der Waals surface area (Å²) in [4.78, 5) is 24.5. The Morgan fingerprint density at radius 1 is 0.950 bits per heavy atom. The maximum absolute atomic E-state index is 13.4. The molecule has 3 N–H and O–H groups in total. The van der Waals surface area contributed by atoms with Crippen molar-refractivity contribution in [3.63, 3.8) is 0 Å². The number of methoxy groups -OCH3 is 1. The third-order valence-corrected chi connectivity index (χ3v) is 8.00. The molecule has 3 aromatic rings. The van der Waals surface area contributed by atoms with Crippen LogP contribution in [0.15, 0.2) is 66.7 Å². The van der Waals surface area contributed by atoms with Crippen LogP contribution in [0.4, 0.5) is 11.4 Å². The molecule has 1 amide bonds. The Labute approximate surface area is 248 Å². The standard InChI is InChI=1S/C27H29Cl3N3O6P/c1-18(27(35)37-2)33-40(36,39-21-13-11-20(28)12-14-21)38-16-6-15-31-25(34)17-19-7-3-4-10-24(19)32-26-22(29)8-5-9-23(26)30/h3-5,7-14,18,32H,6,15-17H2,1-2H3,(H,31,34)(H,33,36)/t18-,40?/m0/s1. The van der Waals surface area contributed by atoms with Gasteiger partial charge in [-0.15, -0.1) is 0 Å². The molecule has 1 unspecified atom stereocenters. The van der Waals surface area contributed by atoms with Crippen LogP contribution in [0, 0.1) is 0 Å². The van der Waals surface area contributed by atoms with Crippen molar-refractivity contribution in [1.29, 1.82) is 0 Å². The molecule has 0 saturated heterocycles. The molecule has 2 atom stereocenters. The summed E-state index contributed by atoms with van der Waals surface area (Å²) in [6.45, 7) is 1.69. The van der Waals surface area contributed by atoms with E-state index in [1.54, 1.807) is 30.3 Å². The minimum Gasteiger partial charge on any atom is -0.468 e. The number of hydrogen-bond acceptors (Lipinski definition) is 7. The molecule has 0 aromatic heterocycles. The highest BCUT2D eigenvalue weighted by Crippen LogP contribution is 2.45. The lowest BCUT2D eigenvalue weighted by Crippen LogP contribution is -2.34. The number of nitrogens with one attached hydrogen (secondary N) is 3. The molecule has 0 aliphatic carbocycles. The van der Waals surface area contributed by atoms with Gasteiger partial charge in [0.15, 0.2) is 0 Å². The number of carbonyl (C=O) groups excluding carboxylic acids is 2. The summed E-state index contributed by atoms with van der Waals surface area (Å²) < 4.78 is 29.1. The Kier molecular flexibility index (Phi) is 12.1. The molecule has 0 fully saturated rings. The minimum atomic E-state index is -3.98. The number of halogens is 3. The number of benzene rings is 3. The smallest absolute Gasteiger partial charge is 0.459 e. The second-order valence-corrected chi connectivity index (χ2v) is 11.5. The fraction of sp³-hybridized carbons (Fsp3) is 0.259. The van der Waals surface area contributed by atoms with Crippen molar-refractivity contribution in [1.82, 2.24) is 10.4 Å². The lowest BCUT2D eigenvalue weighted by atomic mass is 10.1. The maximum atomic E-state index is 13.4. The van der Waals surface area contributed by atoms with E-state index in [1.165, 1.54) is 26.2 Å². The molecule has 9 nitrogen and oxygen atoms in total. The lowest BCUT2D eigenvalue weighted by molar-refractivity contribution is -0.142. The third-order valence-electron chi connectivity index (χ3n) is 5.44. The van der Waals surface area contributed by atoms with Crippen molar-refractivity contribution in [2.75, 3.05) is 25.6 Å². The SMILES string of the molecule is COC(=O)[C@H](C)NP(=O)(OCCCNC(=O)Cc1ccccc1Nc1c(Cl)cccc1Cl)Oc1ccc(Cl)cc1. The van der Waals surface area contributed by atoms with Gasteiger partial charge in [0.05, 0.1) is 35.9 Å². The Balaban J connectivity index is 1.54. The number of ether oxygens (including phenoxy) is 1. The first-order chi connectivity index (χ1) is 19.1. The zero-order valence-electron chi connectivity index (χ0n) is 21.8. The zero-order valence-corrected chi connectivity index (χ0v) is 24.9. The van der Waals surface area contributed by atoms with Gasteiger partial charge in [0, 0.05) is 17.3 Å². The Bertz CT molecular complexity index is 1340. The van der Waals surface area contributed by atoms with E-state index in [9.17, 15) is 14.2 Å². The van der Waals surface area contributed by atoms with Crippen molar-refractivity contribution in [3.05, 3.63) is 87.4 Å². The Morgan fingerprint density at radius 2 is 1.62 bits per heavy atom.